The Labute approximate surface area is 197 Å². The van der Waals surface area contributed by atoms with E-state index in [-0.39, 0.29) is 30.1 Å². The summed E-state index contributed by atoms with van der Waals surface area (Å²) >= 11 is 0. The van der Waals surface area contributed by atoms with Crippen LogP contribution >= 0.6 is 24.0 Å². The van der Waals surface area contributed by atoms with Crippen molar-refractivity contribution in [2.24, 2.45) is 4.99 Å². The lowest BCUT2D eigenvalue weighted by Crippen LogP contribution is -2.30. The number of nitrogens with zero attached hydrogens (tertiary/aromatic N) is 1. The molecule has 0 aliphatic rings. The summed E-state index contributed by atoms with van der Waals surface area (Å²) in [5, 5.41) is 6.63. The third-order valence-electron chi connectivity index (χ3n) is 4.15. The highest BCUT2D eigenvalue weighted by molar-refractivity contribution is 14.0. The first-order valence-electron chi connectivity index (χ1n) is 9.99. The molecule has 0 atom stereocenters. The molecule has 0 saturated carbocycles. The Balaban J connectivity index is 0.00000450. The Morgan fingerprint density at radius 2 is 1.77 bits per heavy atom. The molecule has 0 saturated heterocycles. The minimum Gasteiger partial charge on any atom is -0.493 e. The largest absolute Gasteiger partial charge is 0.493 e. The van der Waals surface area contributed by atoms with E-state index in [4.69, 9.17) is 14.2 Å². The van der Waals surface area contributed by atoms with Crippen molar-refractivity contribution in [3.05, 3.63) is 59.7 Å². The summed E-state index contributed by atoms with van der Waals surface area (Å²) in [6.07, 6.45) is 1.10. The molecule has 2 N–H and O–H groups in total. The summed E-state index contributed by atoms with van der Waals surface area (Å²) in [5.74, 6) is 1.52. The molecule has 0 heterocycles. The van der Waals surface area contributed by atoms with E-state index in [1.54, 1.807) is 14.2 Å². The molecule has 2 aromatic carbocycles. The minimum absolute atomic E-state index is 0. The van der Waals surface area contributed by atoms with Crippen LogP contribution in [0.15, 0.2) is 53.5 Å². The fraction of sp³-hybridized carbons (Fsp3) is 0.435. The predicted molar refractivity (Wildman–Crippen MR) is 134 cm³/mol. The topological polar surface area (TPSA) is 64.1 Å². The SMILES string of the molecule is CN=C(NCc1ccc(COC(C)C)cc1)Nc1cccc(OCCCOC)c1.I. The van der Waals surface area contributed by atoms with Crippen molar-refractivity contribution < 1.29 is 14.2 Å². The third-order valence-corrected chi connectivity index (χ3v) is 4.15. The first-order valence-corrected chi connectivity index (χ1v) is 9.99. The first kappa shape index (κ1) is 26.2. The van der Waals surface area contributed by atoms with Crippen molar-refractivity contribution in [2.75, 3.05) is 32.7 Å². The van der Waals surface area contributed by atoms with Crippen LogP contribution in [0.25, 0.3) is 0 Å². The molecule has 7 heteroatoms. The second-order valence-electron chi connectivity index (χ2n) is 6.95. The van der Waals surface area contributed by atoms with Crippen molar-refractivity contribution in [1.29, 1.82) is 0 Å². The van der Waals surface area contributed by atoms with Gasteiger partial charge < -0.3 is 24.8 Å². The van der Waals surface area contributed by atoms with Gasteiger partial charge in [-0.3, -0.25) is 4.99 Å². The number of nitrogens with one attached hydrogen (secondary N) is 2. The number of rotatable bonds is 11. The number of halogens is 1. The average molecular weight is 527 g/mol. The third kappa shape index (κ3) is 10.3. The Morgan fingerprint density at radius 3 is 2.43 bits per heavy atom. The van der Waals surface area contributed by atoms with Gasteiger partial charge in [0.1, 0.15) is 5.75 Å². The Morgan fingerprint density at radius 1 is 1.03 bits per heavy atom. The van der Waals surface area contributed by atoms with E-state index in [9.17, 15) is 0 Å². The maximum atomic E-state index is 5.75. The van der Waals surface area contributed by atoms with Crippen molar-refractivity contribution in [3.8, 4) is 5.75 Å². The van der Waals surface area contributed by atoms with E-state index in [1.165, 1.54) is 11.1 Å². The Bertz CT molecular complexity index is 752. The van der Waals surface area contributed by atoms with Crippen molar-refractivity contribution in [3.63, 3.8) is 0 Å². The highest BCUT2D eigenvalue weighted by Gasteiger charge is 2.03. The van der Waals surface area contributed by atoms with Gasteiger partial charge in [-0.25, -0.2) is 0 Å². The van der Waals surface area contributed by atoms with Gasteiger partial charge in [-0.15, -0.1) is 24.0 Å². The number of ether oxygens (including phenoxy) is 3. The lowest BCUT2D eigenvalue weighted by molar-refractivity contribution is 0.0657. The molecule has 0 aliphatic heterocycles. The standard InChI is InChI=1S/C23H33N3O3.HI/c1-18(2)29-17-20-11-9-19(10-12-20)16-25-23(24-3)26-21-7-5-8-22(15-21)28-14-6-13-27-4;/h5,7-12,15,18H,6,13-14,16-17H2,1-4H3,(H2,24,25,26);1H. The molecule has 0 spiro atoms. The number of anilines is 1. The molecule has 0 amide bonds. The summed E-state index contributed by atoms with van der Waals surface area (Å²) < 4.78 is 16.4. The molecule has 166 valence electrons. The van der Waals surface area contributed by atoms with Gasteiger partial charge in [0.05, 0.1) is 19.3 Å². The van der Waals surface area contributed by atoms with E-state index < -0.39 is 0 Å². The van der Waals surface area contributed by atoms with E-state index in [1.807, 2.05) is 38.1 Å². The number of guanidine groups is 1. The normalized spacial score (nSPS) is 11.2. The second kappa shape index (κ2) is 15.0. The molecule has 0 fully saturated rings. The second-order valence-corrected chi connectivity index (χ2v) is 6.95. The Kier molecular flexibility index (Phi) is 13.1. The molecule has 6 nitrogen and oxygen atoms in total. The molecule has 2 aromatic rings. The maximum Gasteiger partial charge on any atom is 0.195 e. The molecular formula is C23H34IN3O3. The lowest BCUT2D eigenvalue weighted by Gasteiger charge is -2.14. The number of hydrogen-bond acceptors (Lipinski definition) is 4. The van der Waals surface area contributed by atoms with Gasteiger partial charge in [0.25, 0.3) is 0 Å². The molecule has 0 bridgehead atoms. The molecule has 0 aromatic heterocycles. The van der Waals surface area contributed by atoms with Crippen LogP contribution in [0.3, 0.4) is 0 Å². The van der Waals surface area contributed by atoms with Gasteiger partial charge in [0.2, 0.25) is 0 Å². The van der Waals surface area contributed by atoms with Crippen LogP contribution < -0.4 is 15.4 Å². The monoisotopic (exact) mass is 527 g/mol. The van der Waals surface area contributed by atoms with Crippen LogP contribution in [-0.2, 0) is 22.6 Å². The fourth-order valence-corrected chi connectivity index (χ4v) is 2.57. The number of aliphatic imine (C=N–C) groups is 1. The quantitative estimate of drug-likeness (QED) is 0.190. The van der Waals surface area contributed by atoms with Crippen molar-refractivity contribution in [1.82, 2.24) is 5.32 Å². The van der Waals surface area contributed by atoms with Crippen LogP contribution in [0.5, 0.6) is 5.75 Å². The van der Waals surface area contributed by atoms with Gasteiger partial charge in [-0.05, 0) is 37.1 Å². The van der Waals surface area contributed by atoms with Gasteiger partial charge in [0.15, 0.2) is 5.96 Å². The van der Waals surface area contributed by atoms with Gasteiger partial charge in [-0.2, -0.15) is 0 Å². The molecule has 0 radical (unpaired) electrons. The molecule has 30 heavy (non-hydrogen) atoms. The summed E-state index contributed by atoms with van der Waals surface area (Å²) in [7, 11) is 3.45. The summed E-state index contributed by atoms with van der Waals surface area (Å²) in [6.45, 7) is 6.72. The summed E-state index contributed by atoms with van der Waals surface area (Å²) in [4.78, 5) is 4.30. The van der Waals surface area contributed by atoms with Crippen LogP contribution in [-0.4, -0.2) is 39.4 Å². The van der Waals surface area contributed by atoms with Crippen LogP contribution in [0.4, 0.5) is 5.69 Å². The number of methoxy groups -OCH3 is 1. The van der Waals surface area contributed by atoms with E-state index in [0.717, 1.165) is 17.9 Å². The predicted octanol–water partition coefficient (Wildman–Crippen LogP) is 4.83. The van der Waals surface area contributed by atoms with Crippen molar-refractivity contribution >= 4 is 35.6 Å². The van der Waals surface area contributed by atoms with Crippen LogP contribution in [0, 0.1) is 0 Å². The fourth-order valence-electron chi connectivity index (χ4n) is 2.57. The Hall–Kier alpha value is -1.84. The van der Waals surface area contributed by atoms with E-state index >= 15 is 0 Å². The highest BCUT2D eigenvalue weighted by Crippen LogP contribution is 2.17. The average Bonchev–Trinajstić information content (AvgIpc) is 2.73. The van der Waals surface area contributed by atoms with E-state index in [0.29, 0.717) is 32.3 Å². The number of hydrogen-bond donors (Lipinski definition) is 2. The molecule has 0 unspecified atom stereocenters. The maximum absolute atomic E-state index is 5.75. The zero-order valence-corrected chi connectivity index (χ0v) is 20.6. The van der Waals surface area contributed by atoms with E-state index in [2.05, 4.69) is 39.9 Å². The van der Waals surface area contributed by atoms with Crippen LogP contribution in [0.2, 0.25) is 0 Å². The summed E-state index contributed by atoms with van der Waals surface area (Å²) in [6, 6.07) is 16.3. The first-order chi connectivity index (χ1) is 14.1. The molecule has 0 aliphatic carbocycles. The molecular weight excluding hydrogens is 493 g/mol. The number of benzene rings is 2. The van der Waals surface area contributed by atoms with Gasteiger partial charge >= 0.3 is 0 Å². The minimum atomic E-state index is 0. The van der Waals surface area contributed by atoms with Crippen molar-refractivity contribution in [2.45, 2.75) is 39.5 Å². The summed E-state index contributed by atoms with van der Waals surface area (Å²) in [5.41, 5.74) is 3.27. The van der Waals surface area contributed by atoms with Crippen LogP contribution in [0.1, 0.15) is 31.4 Å². The highest BCUT2D eigenvalue weighted by atomic mass is 127. The zero-order valence-electron chi connectivity index (χ0n) is 18.3. The smallest absolute Gasteiger partial charge is 0.195 e. The van der Waals surface area contributed by atoms with Gasteiger partial charge in [-0.1, -0.05) is 30.3 Å². The van der Waals surface area contributed by atoms with Gasteiger partial charge in [0, 0.05) is 45.5 Å². The molecule has 2 rings (SSSR count). The lowest BCUT2D eigenvalue weighted by atomic mass is 10.1. The zero-order chi connectivity index (χ0) is 20.9.